The Morgan fingerprint density at radius 3 is 2.39 bits per heavy atom. The van der Waals surface area contributed by atoms with Gasteiger partial charge in [0.1, 0.15) is 5.82 Å². The van der Waals surface area contributed by atoms with Crippen molar-refractivity contribution in [2.24, 2.45) is 0 Å². The van der Waals surface area contributed by atoms with Crippen molar-refractivity contribution in [1.82, 2.24) is 4.31 Å². The van der Waals surface area contributed by atoms with Gasteiger partial charge >= 0.3 is 0 Å². The topological polar surface area (TPSA) is 66.5 Å². The molecule has 0 radical (unpaired) electrons. The van der Waals surface area contributed by atoms with Crippen molar-refractivity contribution in [3.8, 4) is 0 Å². The van der Waals surface area contributed by atoms with Gasteiger partial charge in [-0.3, -0.25) is 4.79 Å². The zero-order valence-electron chi connectivity index (χ0n) is 12.2. The first kappa shape index (κ1) is 17.4. The summed E-state index contributed by atoms with van der Waals surface area (Å²) in [6.07, 6.45) is 0. The summed E-state index contributed by atoms with van der Waals surface area (Å²) in [4.78, 5) is 11.9. The van der Waals surface area contributed by atoms with Crippen LogP contribution in [0.3, 0.4) is 0 Å². The third-order valence-corrected chi connectivity index (χ3v) is 5.11. The molecule has 0 saturated heterocycles. The molecule has 0 fully saturated rings. The van der Waals surface area contributed by atoms with Crippen LogP contribution >= 0.6 is 11.6 Å². The molecule has 0 saturated carbocycles. The van der Waals surface area contributed by atoms with Gasteiger partial charge in [0.2, 0.25) is 15.9 Å². The summed E-state index contributed by atoms with van der Waals surface area (Å²) < 4.78 is 39.0. The number of carbonyl (C=O) groups is 1. The number of nitrogens with zero attached hydrogens (tertiary/aromatic N) is 1. The Morgan fingerprint density at radius 2 is 1.78 bits per heavy atom. The van der Waals surface area contributed by atoms with Crippen molar-refractivity contribution in [3.63, 3.8) is 0 Å². The minimum absolute atomic E-state index is 0.00482. The number of amides is 1. The van der Waals surface area contributed by atoms with Crippen LogP contribution in [0.1, 0.15) is 0 Å². The molecule has 0 aliphatic carbocycles. The number of hydrogen-bond acceptors (Lipinski definition) is 3. The van der Waals surface area contributed by atoms with Crippen LogP contribution in [0.25, 0.3) is 0 Å². The van der Waals surface area contributed by atoms with Crippen LogP contribution < -0.4 is 5.32 Å². The molecule has 0 bridgehead atoms. The molecule has 5 nitrogen and oxygen atoms in total. The average Bonchev–Trinajstić information content (AvgIpc) is 2.50. The zero-order valence-corrected chi connectivity index (χ0v) is 13.7. The van der Waals surface area contributed by atoms with E-state index in [1.807, 2.05) is 0 Å². The number of benzene rings is 2. The summed E-state index contributed by atoms with van der Waals surface area (Å²) >= 11 is 5.72. The highest BCUT2D eigenvalue weighted by Gasteiger charge is 2.23. The number of rotatable bonds is 5. The molecule has 0 spiro atoms. The lowest BCUT2D eigenvalue weighted by Crippen LogP contribution is -2.35. The van der Waals surface area contributed by atoms with Gasteiger partial charge in [0.05, 0.1) is 17.1 Å². The third kappa shape index (κ3) is 4.28. The number of para-hydroxylation sites is 1. The van der Waals surface area contributed by atoms with Gasteiger partial charge in [-0.15, -0.1) is 0 Å². The van der Waals surface area contributed by atoms with Gasteiger partial charge in [0.15, 0.2) is 0 Å². The molecule has 0 aliphatic heterocycles. The minimum Gasteiger partial charge on any atom is -0.322 e. The van der Waals surface area contributed by atoms with Gasteiger partial charge in [0, 0.05) is 12.1 Å². The predicted octanol–water partition coefficient (Wildman–Crippen LogP) is 2.74. The molecule has 2 rings (SSSR count). The Bertz CT molecular complexity index is 810. The van der Waals surface area contributed by atoms with Crippen molar-refractivity contribution in [2.75, 3.05) is 18.9 Å². The van der Waals surface area contributed by atoms with Gasteiger partial charge < -0.3 is 5.32 Å². The average molecular weight is 357 g/mol. The van der Waals surface area contributed by atoms with Gasteiger partial charge in [-0.25, -0.2) is 12.8 Å². The van der Waals surface area contributed by atoms with Crippen LogP contribution in [-0.2, 0) is 14.8 Å². The Hall–Kier alpha value is -1.96. The summed E-state index contributed by atoms with van der Waals surface area (Å²) in [7, 11) is -2.56. The van der Waals surface area contributed by atoms with E-state index in [0.717, 1.165) is 4.31 Å². The molecule has 0 atom stereocenters. The monoisotopic (exact) mass is 356 g/mol. The number of hydrogen-bond donors (Lipinski definition) is 1. The molecule has 122 valence electrons. The first-order valence-electron chi connectivity index (χ1n) is 6.57. The van der Waals surface area contributed by atoms with Crippen LogP contribution in [0.4, 0.5) is 10.1 Å². The van der Waals surface area contributed by atoms with E-state index < -0.39 is 28.3 Å². The Balaban J connectivity index is 2.08. The van der Waals surface area contributed by atoms with Gasteiger partial charge in [-0.2, -0.15) is 4.31 Å². The van der Waals surface area contributed by atoms with Gasteiger partial charge in [-0.05, 0) is 36.4 Å². The Labute approximate surface area is 138 Å². The van der Waals surface area contributed by atoms with E-state index in [1.54, 1.807) is 6.07 Å². The molecular weight excluding hydrogens is 343 g/mol. The van der Waals surface area contributed by atoms with Crippen LogP contribution in [0.2, 0.25) is 5.02 Å². The largest absolute Gasteiger partial charge is 0.322 e. The molecule has 1 amide bonds. The maximum atomic E-state index is 13.5. The van der Waals surface area contributed by atoms with Crippen LogP contribution in [0.5, 0.6) is 0 Å². The highest BCUT2D eigenvalue weighted by atomic mass is 35.5. The van der Waals surface area contributed by atoms with Crippen molar-refractivity contribution < 1.29 is 17.6 Å². The van der Waals surface area contributed by atoms with E-state index in [2.05, 4.69) is 5.32 Å². The molecule has 8 heteroatoms. The second-order valence-electron chi connectivity index (χ2n) is 4.74. The minimum atomic E-state index is -3.83. The van der Waals surface area contributed by atoms with Crippen molar-refractivity contribution >= 4 is 33.2 Å². The van der Waals surface area contributed by atoms with Crippen LogP contribution in [0, 0.1) is 5.82 Å². The number of nitrogens with one attached hydrogen (secondary N) is 1. The molecule has 2 aromatic rings. The SMILES string of the molecule is CN(CC(=O)Nc1ccccc1F)S(=O)(=O)c1ccc(Cl)cc1. The maximum absolute atomic E-state index is 13.5. The lowest BCUT2D eigenvalue weighted by atomic mass is 10.3. The smallest absolute Gasteiger partial charge is 0.243 e. The fourth-order valence-electron chi connectivity index (χ4n) is 1.83. The normalized spacial score (nSPS) is 11.5. The van der Waals surface area contributed by atoms with Crippen LogP contribution in [0.15, 0.2) is 53.4 Å². The van der Waals surface area contributed by atoms with E-state index in [1.165, 1.54) is 49.5 Å². The summed E-state index contributed by atoms with van der Waals surface area (Å²) in [5, 5.41) is 2.74. The van der Waals surface area contributed by atoms with E-state index in [4.69, 9.17) is 11.6 Å². The molecule has 0 aromatic heterocycles. The highest BCUT2D eigenvalue weighted by Crippen LogP contribution is 2.18. The van der Waals surface area contributed by atoms with E-state index >= 15 is 0 Å². The number of halogens is 2. The maximum Gasteiger partial charge on any atom is 0.243 e. The van der Waals surface area contributed by atoms with Crippen molar-refractivity contribution in [3.05, 3.63) is 59.4 Å². The number of carbonyl (C=O) groups excluding carboxylic acids is 1. The lowest BCUT2D eigenvalue weighted by molar-refractivity contribution is -0.116. The second kappa shape index (κ2) is 7.08. The van der Waals surface area contributed by atoms with Gasteiger partial charge in [0.25, 0.3) is 0 Å². The fourth-order valence-corrected chi connectivity index (χ4v) is 3.08. The molecule has 0 unspecified atom stereocenters. The number of likely N-dealkylation sites (N-methyl/N-ethyl adjacent to an activating group) is 1. The summed E-state index contributed by atoms with van der Waals surface area (Å²) in [6, 6.07) is 11.2. The molecular formula is C15H14ClFN2O3S. The lowest BCUT2D eigenvalue weighted by Gasteiger charge is -2.17. The fraction of sp³-hybridized carbons (Fsp3) is 0.133. The standard InChI is InChI=1S/C15H14ClFN2O3S/c1-19(23(21,22)12-8-6-11(16)7-9-12)10-15(20)18-14-5-3-2-4-13(14)17/h2-9H,10H2,1H3,(H,18,20). The summed E-state index contributed by atoms with van der Waals surface area (Å²) in [5.74, 6) is -1.24. The zero-order chi connectivity index (χ0) is 17.0. The Kier molecular flexibility index (Phi) is 5.35. The molecule has 1 N–H and O–H groups in total. The number of anilines is 1. The van der Waals surface area contributed by atoms with E-state index in [9.17, 15) is 17.6 Å². The molecule has 2 aromatic carbocycles. The molecule has 23 heavy (non-hydrogen) atoms. The van der Waals surface area contributed by atoms with E-state index in [-0.39, 0.29) is 10.6 Å². The predicted molar refractivity (Wildman–Crippen MR) is 86.3 cm³/mol. The first-order chi connectivity index (χ1) is 10.8. The summed E-state index contributed by atoms with van der Waals surface area (Å²) in [5.41, 5.74) is -0.00482. The molecule has 0 aliphatic rings. The van der Waals surface area contributed by atoms with Gasteiger partial charge in [-0.1, -0.05) is 23.7 Å². The summed E-state index contributed by atoms with van der Waals surface area (Å²) in [6.45, 7) is -0.445. The van der Waals surface area contributed by atoms with Crippen molar-refractivity contribution in [1.29, 1.82) is 0 Å². The Morgan fingerprint density at radius 1 is 1.17 bits per heavy atom. The molecule has 0 heterocycles. The quantitative estimate of drug-likeness (QED) is 0.895. The number of sulfonamides is 1. The van der Waals surface area contributed by atoms with Crippen LogP contribution in [-0.4, -0.2) is 32.2 Å². The highest BCUT2D eigenvalue weighted by molar-refractivity contribution is 7.89. The van der Waals surface area contributed by atoms with E-state index in [0.29, 0.717) is 5.02 Å². The first-order valence-corrected chi connectivity index (χ1v) is 8.39. The van der Waals surface area contributed by atoms with Crippen molar-refractivity contribution in [2.45, 2.75) is 4.90 Å². The second-order valence-corrected chi connectivity index (χ2v) is 7.22. The third-order valence-electron chi connectivity index (χ3n) is 3.04.